The predicted octanol–water partition coefficient (Wildman–Crippen LogP) is 5.68. The van der Waals surface area contributed by atoms with E-state index in [2.05, 4.69) is 4.98 Å². The lowest BCUT2D eigenvalue weighted by Gasteiger charge is -2.07. The maximum absolute atomic E-state index is 13.4. The monoisotopic (exact) mass is 379 g/mol. The molecule has 0 radical (unpaired) electrons. The third kappa shape index (κ3) is 4.13. The van der Waals surface area contributed by atoms with Gasteiger partial charge in [0.1, 0.15) is 11.6 Å². The predicted molar refractivity (Wildman–Crippen MR) is 106 cm³/mol. The van der Waals surface area contributed by atoms with Gasteiger partial charge >= 0.3 is 5.97 Å². The molecule has 0 saturated carbocycles. The molecule has 4 aromatic rings. The van der Waals surface area contributed by atoms with E-state index in [9.17, 15) is 9.18 Å². The van der Waals surface area contributed by atoms with E-state index >= 15 is 0 Å². The van der Waals surface area contributed by atoms with Crippen molar-refractivity contribution in [1.29, 1.82) is 0 Å². The van der Waals surface area contributed by atoms with Gasteiger partial charge in [0.2, 0.25) is 0 Å². The van der Waals surface area contributed by atoms with Gasteiger partial charge in [-0.3, -0.25) is 4.98 Å². The fourth-order valence-corrected chi connectivity index (χ4v) is 2.73. The van der Waals surface area contributed by atoms with E-state index < -0.39 is 5.97 Å². The van der Waals surface area contributed by atoms with Crippen molar-refractivity contribution in [2.24, 2.45) is 0 Å². The summed E-state index contributed by atoms with van der Waals surface area (Å²) in [7, 11) is 0. The number of pyridine rings is 1. The zero-order valence-electron chi connectivity index (χ0n) is 14.1. The van der Waals surface area contributed by atoms with Crippen LogP contribution in [0.2, 0.25) is 0 Å². The van der Waals surface area contributed by atoms with Gasteiger partial charge in [-0.15, -0.1) is 12.4 Å². The molecule has 0 fully saturated rings. The summed E-state index contributed by atoms with van der Waals surface area (Å²) in [4.78, 5) is 16.6. The summed E-state index contributed by atoms with van der Waals surface area (Å²) in [5.41, 5.74) is 2.77. The van der Waals surface area contributed by atoms with Gasteiger partial charge in [-0.2, -0.15) is 0 Å². The number of carbonyl (C=O) groups is 1. The molecule has 4 rings (SSSR count). The van der Waals surface area contributed by atoms with E-state index in [1.165, 1.54) is 12.1 Å². The lowest BCUT2D eigenvalue weighted by Crippen LogP contribution is -2.08. The van der Waals surface area contributed by atoms with E-state index in [4.69, 9.17) is 4.74 Å². The molecule has 3 nitrogen and oxygen atoms in total. The first-order valence-corrected chi connectivity index (χ1v) is 8.12. The van der Waals surface area contributed by atoms with Crippen LogP contribution in [0.4, 0.5) is 4.39 Å². The minimum Gasteiger partial charge on any atom is -0.423 e. The van der Waals surface area contributed by atoms with Crippen LogP contribution in [0, 0.1) is 5.82 Å². The Bertz CT molecular complexity index is 1100. The van der Waals surface area contributed by atoms with E-state index in [0.717, 1.165) is 16.5 Å². The molecule has 1 heterocycles. The number of fused-ring (bicyclic) bond motifs is 1. The zero-order valence-corrected chi connectivity index (χ0v) is 14.9. The molecule has 134 valence electrons. The van der Waals surface area contributed by atoms with E-state index in [0.29, 0.717) is 16.8 Å². The SMILES string of the molecule is Cl.O=C(Oc1ccc2cc(-c3cccc(F)c3)cnc2c1)c1ccccc1. The lowest BCUT2D eigenvalue weighted by molar-refractivity contribution is 0.0735. The third-order valence-corrected chi connectivity index (χ3v) is 4.03. The van der Waals surface area contributed by atoms with Crippen LogP contribution in [0.3, 0.4) is 0 Å². The van der Waals surface area contributed by atoms with Crippen LogP contribution in [0.1, 0.15) is 10.4 Å². The summed E-state index contributed by atoms with van der Waals surface area (Å²) in [6, 6.07) is 22.4. The van der Waals surface area contributed by atoms with Gasteiger partial charge < -0.3 is 4.74 Å². The maximum Gasteiger partial charge on any atom is 0.343 e. The molecule has 27 heavy (non-hydrogen) atoms. The highest BCUT2D eigenvalue weighted by atomic mass is 35.5. The summed E-state index contributed by atoms with van der Waals surface area (Å²) in [5, 5.41) is 0.881. The Morgan fingerprint density at radius 3 is 2.44 bits per heavy atom. The fraction of sp³-hybridized carbons (Fsp3) is 0. The average molecular weight is 380 g/mol. The lowest BCUT2D eigenvalue weighted by atomic mass is 10.1. The Kier molecular flexibility index (Phi) is 5.48. The Morgan fingerprint density at radius 1 is 0.852 bits per heavy atom. The van der Waals surface area contributed by atoms with Crippen molar-refractivity contribution in [2.75, 3.05) is 0 Å². The van der Waals surface area contributed by atoms with Crippen molar-refractivity contribution in [1.82, 2.24) is 4.98 Å². The summed E-state index contributed by atoms with van der Waals surface area (Å²) in [6.07, 6.45) is 1.68. The van der Waals surface area contributed by atoms with E-state index in [1.807, 2.05) is 24.3 Å². The molecule has 0 aliphatic carbocycles. The average Bonchev–Trinajstić information content (AvgIpc) is 2.68. The van der Waals surface area contributed by atoms with Crippen LogP contribution in [0.5, 0.6) is 5.75 Å². The number of benzene rings is 3. The zero-order chi connectivity index (χ0) is 17.9. The quantitative estimate of drug-likeness (QED) is 0.339. The second-order valence-corrected chi connectivity index (χ2v) is 5.84. The van der Waals surface area contributed by atoms with Crippen molar-refractivity contribution >= 4 is 29.3 Å². The minimum atomic E-state index is -0.415. The smallest absolute Gasteiger partial charge is 0.343 e. The first kappa shape index (κ1) is 18.5. The molecular weight excluding hydrogens is 365 g/mol. The van der Waals surface area contributed by atoms with Crippen molar-refractivity contribution in [2.45, 2.75) is 0 Å². The number of ether oxygens (including phenoxy) is 1. The Hall–Kier alpha value is -3.24. The largest absolute Gasteiger partial charge is 0.423 e. The highest BCUT2D eigenvalue weighted by molar-refractivity contribution is 5.92. The molecule has 0 aliphatic heterocycles. The molecule has 0 amide bonds. The first-order chi connectivity index (χ1) is 12.7. The van der Waals surface area contributed by atoms with Gasteiger partial charge in [0.15, 0.2) is 0 Å². The van der Waals surface area contributed by atoms with E-state index in [-0.39, 0.29) is 18.2 Å². The summed E-state index contributed by atoms with van der Waals surface area (Å²) in [5.74, 6) is -0.274. The number of hydrogen-bond acceptors (Lipinski definition) is 3. The molecule has 0 bridgehead atoms. The molecule has 3 aromatic carbocycles. The third-order valence-electron chi connectivity index (χ3n) is 4.03. The summed E-state index contributed by atoms with van der Waals surface area (Å²) >= 11 is 0. The Balaban J connectivity index is 0.00000210. The van der Waals surface area contributed by atoms with Crippen molar-refractivity contribution in [3.8, 4) is 16.9 Å². The van der Waals surface area contributed by atoms with Gasteiger partial charge in [-0.05, 0) is 48.0 Å². The van der Waals surface area contributed by atoms with Crippen LogP contribution in [-0.4, -0.2) is 11.0 Å². The molecule has 0 unspecified atom stereocenters. The maximum atomic E-state index is 13.4. The molecule has 1 aromatic heterocycles. The Morgan fingerprint density at radius 2 is 1.67 bits per heavy atom. The number of hydrogen-bond donors (Lipinski definition) is 0. The van der Waals surface area contributed by atoms with Crippen LogP contribution in [0.15, 0.2) is 85.1 Å². The molecule has 0 saturated heterocycles. The van der Waals surface area contributed by atoms with Crippen molar-refractivity contribution < 1.29 is 13.9 Å². The van der Waals surface area contributed by atoms with Gasteiger partial charge in [0.05, 0.1) is 11.1 Å². The van der Waals surface area contributed by atoms with Gasteiger partial charge in [0.25, 0.3) is 0 Å². The number of rotatable bonds is 3. The summed E-state index contributed by atoms with van der Waals surface area (Å²) in [6.45, 7) is 0. The van der Waals surface area contributed by atoms with Crippen molar-refractivity contribution in [3.63, 3.8) is 0 Å². The van der Waals surface area contributed by atoms with Gasteiger partial charge in [0, 0.05) is 23.2 Å². The molecule has 5 heteroatoms. The number of carbonyl (C=O) groups excluding carboxylic acids is 1. The standard InChI is InChI=1S/C22H14FNO2.ClH/c23-19-8-4-7-16(12-19)18-11-17-9-10-20(13-21(17)24-14-18)26-22(25)15-5-2-1-3-6-15;/h1-14H;1H. The minimum absolute atomic E-state index is 0. The van der Waals surface area contributed by atoms with Crippen LogP contribution in [0.25, 0.3) is 22.0 Å². The van der Waals surface area contributed by atoms with Crippen LogP contribution >= 0.6 is 12.4 Å². The fourth-order valence-electron chi connectivity index (χ4n) is 2.73. The first-order valence-electron chi connectivity index (χ1n) is 8.12. The topological polar surface area (TPSA) is 39.2 Å². The van der Waals surface area contributed by atoms with Crippen LogP contribution in [-0.2, 0) is 0 Å². The van der Waals surface area contributed by atoms with Gasteiger partial charge in [-0.1, -0.05) is 30.3 Å². The number of halogens is 2. The second kappa shape index (κ2) is 7.98. The second-order valence-electron chi connectivity index (χ2n) is 5.84. The Labute approximate surface area is 161 Å². The molecular formula is C22H15ClFNO2. The molecule has 0 aliphatic rings. The molecule has 0 atom stereocenters. The number of aromatic nitrogens is 1. The summed E-state index contributed by atoms with van der Waals surface area (Å²) < 4.78 is 18.8. The van der Waals surface area contributed by atoms with E-state index in [1.54, 1.807) is 48.7 Å². The van der Waals surface area contributed by atoms with Gasteiger partial charge in [-0.25, -0.2) is 9.18 Å². The highest BCUT2D eigenvalue weighted by Gasteiger charge is 2.09. The van der Waals surface area contributed by atoms with Crippen molar-refractivity contribution in [3.05, 3.63) is 96.4 Å². The molecule has 0 spiro atoms. The number of esters is 1. The molecule has 0 N–H and O–H groups in total. The number of nitrogens with zero attached hydrogens (tertiary/aromatic N) is 1. The van der Waals surface area contributed by atoms with Crippen LogP contribution < -0.4 is 4.74 Å². The highest BCUT2D eigenvalue weighted by Crippen LogP contribution is 2.26. The normalized spacial score (nSPS) is 10.3.